The highest BCUT2D eigenvalue weighted by atomic mass is 79.9. The van der Waals surface area contributed by atoms with Crippen LogP contribution in [0.15, 0.2) is 16.6 Å². The van der Waals surface area contributed by atoms with E-state index in [-0.39, 0.29) is 4.47 Å². The van der Waals surface area contributed by atoms with Crippen molar-refractivity contribution in [3.8, 4) is 6.07 Å². The average Bonchev–Trinajstić information content (AvgIpc) is 2.15. The van der Waals surface area contributed by atoms with E-state index < -0.39 is 34.3 Å². The van der Waals surface area contributed by atoms with Crippen LogP contribution in [0.5, 0.6) is 0 Å². The fraction of sp³-hybridized carbons (Fsp3) is 0.222. The summed E-state index contributed by atoms with van der Waals surface area (Å²) >= 11 is 2.68. The molecule has 0 bridgehead atoms. The maximum Gasteiger partial charge on any atom is 0.418 e. The van der Waals surface area contributed by atoms with Crippen LogP contribution in [0.3, 0.4) is 0 Å². The van der Waals surface area contributed by atoms with Crippen LogP contribution in [0.4, 0.5) is 18.9 Å². The summed E-state index contributed by atoms with van der Waals surface area (Å²) in [6.07, 6.45) is -5.43. The smallest absolute Gasteiger partial charge is 0.258 e. The number of hydrogen-bond acceptors (Lipinski definition) is 3. The second-order valence-corrected chi connectivity index (χ2v) is 3.86. The summed E-state index contributed by atoms with van der Waals surface area (Å²) in [5.41, 5.74) is -2.50. The fourth-order valence-corrected chi connectivity index (χ4v) is 1.94. The van der Waals surface area contributed by atoms with Crippen molar-refractivity contribution in [1.82, 2.24) is 0 Å². The quantitative estimate of drug-likeness (QED) is 0.621. The van der Waals surface area contributed by atoms with Crippen LogP contribution >= 0.6 is 15.9 Å². The first-order valence-electron chi connectivity index (χ1n) is 4.19. The summed E-state index contributed by atoms with van der Waals surface area (Å²) in [6.45, 7) is 0. The zero-order valence-corrected chi connectivity index (χ0v) is 9.67. The van der Waals surface area contributed by atoms with Crippen LogP contribution in [0, 0.1) is 21.4 Å². The second kappa shape index (κ2) is 4.71. The van der Waals surface area contributed by atoms with Gasteiger partial charge in [-0.1, -0.05) is 15.9 Å². The maximum absolute atomic E-state index is 12.7. The number of hydrogen-bond donors (Lipinski definition) is 0. The molecule has 0 saturated heterocycles. The van der Waals surface area contributed by atoms with Gasteiger partial charge in [-0.15, -0.1) is 0 Å². The Morgan fingerprint density at radius 1 is 1.47 bits per heavy atom. The molecule has 0 fully saturated rings. The largest absolute Gasteiger partial charge is 0.418 e. The molecular weight excluding hydrogens is 305 g/mol. The van der Waals surface area contributed by atoms with Crippen molar-refractivity contribution in [2.45, 2.75) is 12.6 Å². The number of nitro benzene ring substituents is 1. The number of halogens is 4. The van der Waals surface area contributed by atoms with E-state index in [1.54, 1.807) is 0 Å². The predicted octanol–water partition coefficient (Wildman–Crippen LogP) is 3.44. The van der Waals surface area contributed by atoms with Gasteiger partial charge in [-0.25, -0.2) is 0 Å². The number of benzene rings is 1. The summed E-state index contributed by atoms with van der Waals surface area (Å²) in [5.74, 6) is 0. The molecule has 0 aromatic heterocycles. The molecule has 0 aliphatic heterocycles. The lowest BCUT2D eigenvalue weighted by atomic mass is 10.0. The molecule has 0 saturated carbocycles. The Balaban J connectivity index is 3.61. The number of nitriles is 1. The summed E-state index contributed by atoms with van der Waals surface area (Å²) in [6, 6.07) is 3.38. The summed E-state index contributed by atoms with van der Waals surface area (Å²) in [4.78, 5) is 9.66. The molecule has 1 aromatic carbocycles. The normalized spacial score (nSPS) is 11.0. The molecule has 0 N–H and O–H groups in total. The Kier molecular flexibility index (Phi) is 3.72. The maximum atomic E-state index is 12.7. The van der Waals surface area contributed by atoms with Crippen LogP contribution in [-0.4, -0.2) is 4.92 Å². The van der Waals surface area contributed by atoms with Gasteiger partial charge in [0.1, 0.15) is 0 Å². The zero-order valence-electron chi connectivity index (χ0n) is 8.08. The first-order chi connectivity index (χ1) is 7.79. The molecule has 4 nitrogen and oxygen atoms in total. The monoisotopic (exact) mass is 308 g/mol. The van der Waals surface area contributed by atoms with Gasteiger partial charge in [0.15, 0.2) is 0 Å². The van der Waals surface area contributed by atoms with E-state index in [4.69, 9.17) is 5.26 Å². The van der Waals surface area contributed by atoms with Gasteiger partial charge in [-0.3, -0.25) is 10.1 Å². The summed E-state index contributed by atoms with van der Waals surface area (Å²) in [5, 5.41) is 19.1. The number of rotatable bonds is 2. The van der Waals surface area contributed by atoms with Crippen LogP contribution in [0.2, 0.25) is 0 Å². The molecule has 0 heterocycles. The van der Waals surface area contributed by atoms with Gasteiger partial charge >= 0.3 is 6.18 Å². The van der Waals surface area contributed by atoms with Gasteiger partial charge in [0.05, 0.1) is 28.5 Å². The standard InChI is InChI=1S/C9H4BrF3N2O2/c10-6-1-2-7(15(16)17)5(3-4-14)8(6)9(11,12)13/h1-2H,3H2. The minimum absolute atomic E-state index is 0.319. The average molecular weight is 309 g/mol. The Morgan fingerprint density at radius 2 is 2.06 bits per heavy atom. The summed E-state index contributed by atoms with van der Waals surface area (Å²) < 4.78 is 37.8. The topological polar surface area (TPSA) is 66.9 Å². The number of nitrogens with zero attached hydrogens (tertiary/aromatic N) is 2. The Bertz CT molecular complexity index is 508. The van der Waals surface area contributed by atoms with Crippen molar-refractivity contribution >= 4 is 21.6 Å². The van der Waals surface area contributed by atoms with Crippen molar-refractivity contribution in [3.63, 3.8) is 0 Å². The molecule has 0 aliphatic rings. The van der Waals surface area contributed by atoms with Crippen molar-refractivity contribution in [2.24, 2.45) is 0 Å². The number of nitro groups is 1. The van der Waals surface area contributed by atoms with Crippen LogP contribution in [-0.2, 0) is 12.6 Å². The van der Waals surface area contributed by atoms with Gasteiger partial charge in [0.2, 0.25) is 0 Å². The van der Waals surface area contributed by atoms with E-state index in [9.17, 15) is 23.3 Å². The third-order valence-electron chi connectivity index (χ3n) is 1.97. The van der Waals surface area contributed by atoms with E-state index in [0.717, 1.165) is 12.1 Å². The zero-order chi connectivity index (χ0) is 13.2. The van der Waals surface area contributed by atoms with Crippen LogP contribution < -0.4 is 0 Å². The van der Waals surface area contributed by atoms with Crippen molar-refractivity contribution < 1.29 is 18.1 Å². The highest BCUT2D eigenvalue weighted by Crippen LogP contribution is 2.40. The molecule has 0 spiro atoms. The number of alkyl halides is 3. The van der Waals surface area contributed by atoms with Gasteiger partial charge in [-0.05, 0) is 6.07 Å². The molecule has 1 rings (SSSR count). The molecule has 0 unspecified atom stereocenters. The minimum atomic E-state index is -4.75. The van der Waals surface area contributed by atoms with Gasteiger partial charge in [-0.2, -0.15) is 18.4 Å². The Hall–Kier alpha value is -1.62. The van der Waals surface area contributed by atoms with E-state index >= 15 is 0 Å². The lowest BCUT2D eigenvalue weighted by Crippen LogP contribution is -2.12. The van der Waals surface area contributed by atoms with Crippen LogP contribution in [0.25, 0.3) is 0 Å². The highest BCUT2D eigenvalue weighted by Gasteiger charge is 2.38. The minimum Gasteiger partial charge on any atom is -0.258 e. The van der Waals surface area contributed by atoms with Crippen LogP contribution in [0.1, 0.15) is 11.1 Å². The predicted molar refractivity (Wildman–Crippen MR) is 55.1 cm³/mol. The third-order valence-corrected chi connectivity index (χ3v) is 2.63. The molecule has 90 valence electrons. The summed E-state index contributed by atoms with van der Waals surface area (Å²) in [7, 11) is 0. The Labute approximate surface area is 102 Å². The van der Waals surface area contributed by atoms with E-state index in [1.807, 2.05) is 0 Å². The molecule has 0 radical (unpaired) electrons. The van der Waals surface area contributed by atoms with Crippen molar-refractivity contribution in [1.29, 1.82) is 5.26 Å². The molecule has 8 heteroatoms. The second-order valence-electron chi connectivity index (χ2n) is 3.01. The van der Waals surface area contributed by atoms with Crippen molar-refractivity contribution in [3.05, 3.63) is 37.8 Å². The van der Waals surface area contributed by atoms with Gasteiger partial charge < -0.3 is 0 Å². The van der Waals surface area contributed by atoms with E-state index in [2.05, 4.69) is 15.9 Å². The van der Waals surface area contributed by atoms with Gasteiger partial charge in [0, 0.05) is 10.5 Å². The first kappa shape index (κ1) is 13.4. The van der Waals surface area contributed by atoms with Crippen molar-refractivity contribution in [2.75, 3.05) is 0 Å². The van der Waals surface area contributed by atoms with E-state index in [1.165, 1.54) is 6.07 Å². The lowest BCUT2D eigenvalue weighted by molar-refractivity contribution is -0.385. The van der Waals surface area contributed by atoms with E-state index in [0.29, 0.717) is 0 Å². The molecule has 0 atom stereocenters. The first-order valence-corrected chi connectivity index (χ1v) is 4.98. The SMILES string of the molecule is N#CCc1c([N+](=O)[O-])ccc(Br)c1C(F)(F)F. The fourth-order valence-electron chi connectivity index (χ4n) is 1.34. The molecule has 0 amide bonds. The van der Waals surface area contributed by atoms with Gasteiger partial charge in [0.25, 0.3) is 5.69 Å². The Morgan fingerprint density at radius 3 is 2.47 bits per heavy atom. The molecule has 17 heavy (non-hydrogen) atoms. The highest BCUT2D eigenvalue weighted by molar-refractivity contribution is 9.10. The lowest BCUT2D eigenvalue weighted by Gasteiger charge is -2.13. The molecular formula is C9H4BrF3N2O2. The third kappa shape index (κ3) is 2.74. The molecule has 1 aromatic rings. The molecule has 0 aliphatic carbocycles.